The van der Waals surface area contributed by atoms with Crippen molar-refractivity contribution in [1.29, 1.82) is 0 Å². The maximum Gasteiger partial charge on any atom is 0.293 e. The van der Waals surface area contributed by atoms with Crippen LogP contribution >= 0.6 is 0 Å². The Kier molecular flexibility index (Phi) is 4.18. The number of anilines is 1. The molecule has 5 nitrogen and oxygen atoms in total. The molecule has 2 N–H and O–H groups in total. The van der Waals surface area contributed by atoms with E-state index >= 15 is 4.39 Å². The highest BCUT2D eigenvalue weighted by Gasteiger charge is 2.32. The number of hydrogen-bond acceptors (Lipinski definition) is 4. The van der Waals surface area contributed by atoms with Gasteiger partial charge in [-0.05, 0) is 56.7 Å². The van der Waals surface area contributed by atoms with Crippen molar-refractivity contribution < 1.29 is 9.13 Å². The number of methoxy groups -OCH3 is 1. The molecule has 2 aromatic rings. The lowest BCUT2D eigenvalue weighted by Crippen LogP contribution is -2.30. The monoisotopic (exact) mass is 359 g/mol. The number of benzene rings is 1. The molecule has 1 aromatic carbocycles. The summed E-state index contributed by atoms with van der Waals surface area (Å²) in [5.74, 6) is 0.392. The standard InChI is InChI=1S/C20H26FN3O2/c1-11-18-14(9-17(26-3)20(25)24(18)15-4-5-15)8-16(21)19(11)23-7-6-13(10-23)12(2)22/h8-9,12-13,15H,4-7,10,22H2,1-3H3/t12-,13+/m0/s1. The first-order valence-corrected chi connectivity index (χ1v) is 9.35. The predicted molar refractivity (Wildman–Crippen MR) is 102 cm³/mol. The van der Waals surface area contributed by atoms with Gasteiger partial charge in [-0.2, -0.15) is 0 Å². The molecule has 1 aromatic heterocycles. The molecule has 0 unspecified atom stereocenters. The fourth-order valence-corrected chi connectivity index (χ4v) is 4.27. The van der Waals surface area contributed by atoms with Gasteiger partial charge >= 0.3 is 0 Å². The third-order valence-electron chi connectivity index (χ3n) is 5.87. The quantitative estimate of drug-likeness (QED) is 0.912. The molecule has 2 heterocycles. The van der Waals surface area contributed by atoms with Crippen molar-refractivity contribution in [2.75, 3.05) is 25.1 Å². The van der Waals surface area contributed by atoms with Crippen LogP contribution < -0.4 is 20.9 Å². The van der Waals surface area contributed by atoms with Crippen molar-refractivity contribution in [2.45, 2.75) is 45.2 Å². The second kappa shape index (κ2) is 6.27. The zero-order valence-corrected chi connectivity index (χ0v) is 15.6. The molecular weight excluding hydrogens is 333 g/mol. The van der Waals surface area contributed by atoms with E-state index in [4.69, 9.17) is 10.5 Å². The highest BCUT2D eigenvalue weighted by Crippen LogP contribution is 2.41. The van der Waals surface area contributed by atoms with Crippen LogP contribution in [0.3, 0.4) is 0 Å². The molecule has 1 aliphatic heterocycles. The van der Waals surface area contributed by atoms with Crippen molar-refractivity contribution in [3.05, 3.63) is 33.9 Å². The van der Waals surface area contributed by atoms with Crippen LogP contribution in [0, 0.1) is 18.7 Å². The minimum absolute atomic E-state index is 0.0951. The maximum atomic E-state index is 15.0. The number of hydrogen-bond donors (Lipinski definition) is 1. The van der Waals surface area contributed by atoms with E-state index in [1.54, 1.807) is 6.07 Å². The molecule has 0 radical (unpaired) electrons. The van der Waals surface area contributed by atoms with Crippen molar-refractivity contribution in [3.63, 3.8) is 0 Å². The molecule has 0 spiro atoms. The summed E-state index contributed by atoms with van der Waals surface area (Å²) < 4.78 is 22.1. The Bertz CT molecular complexity index is 918. The summed E-state index contributed by atoms with van der Waals surface area (Å²) in [7, 11) is 1.48. The fraction of sp³-hybridized carbons (Fsp3) is 0.550. The van der Waals surface area contributed by atoms with Crippen molar-refractivity contribution >= 4 is 16.6 Å². The summed E-state index contributed by atoms with van der Waals surface area (Å²) in [6, 6.07) is 3.48. The number of fused-ring (bicyclic) bond motifs is 1. The topological polar surface area (TPSA) is 60.5 Å². The molecule has 2 atom stereocenters. The molecule has 1 saturated heterocycles. The largest absolute Gasteiger partial charge is 0.491 e. The number of rotatable bonds is 4. The van der Waals surface area contributed by atoms with E-state index in [1.807, 2.05) is 18.4 Å². The zero-order valence-electron chi connectivity index (χ0n) is 15.6. The molecule has 0 amide bonds. The van der Waals surface area contributed by atoms with Gasteiger partial charge in [0.15, 0.2) is 5.75 Å². The van der Waals surface area contributed by atoms with E-state index in [0.29, 0.717) is 11.6 Å². The van der Waals surface area contributed by atoms with E-state index < -0.39 is 0 Å². The van der Waals surface area contributed by atoms with Gasteiger partial charge in [0, 0.05) is 30.6 Å². The van der Waals surface area contributed by atoms with Gasteiger partial charge in [-0.1, -0.05) is 0 Å². The Morgan fingerprint density at radius 2 is 2.04 bits per heavy atom. The average molecular weight is 359 g/mol. The van der Waals surface area contributed by atoms with Crippen LogP contribution in [0.2, 0.25) is 0 Å². The van der Waals surface area contributed by atoms with Gasteiger partial charge in [0.1, 0.15) is 5.82 Å². The minimum atomic E-state index is -0.247. The summed E-state index contributed by atoms with van der Waals surface area (Å²) in [6.07, 6.45) is 2.92. The molecule has 2 fully saturated rings. The lowest BCUT2D eigenvalue weighted by Gasteiger charge is -2.25. The van der Waals surface area contributed by atoms with Gasteiger partial charge in [-0.25, -0.2) is 4.39 Å². The molecule has 2 aliphatic rings. The van der Waals surface area contributed by atoms with E-state index in [-0.39, 0.29) is 29.2 Å². The summed E-state index contributed by atoms with van der Waals surface area (Å²) in [5.41, 5.74) is 8.20. The van der Waals surface area contributed by atoms with Crippen molar-refractivity contribution in [3.8, 4) is 5.75 Å². The van der Waals surface area contributed by atoms with E-state index in [9.17, 15) is 4.79 Å². The predicted octanol–water partition coefficient (Wildman–Crippen LogP) is 2.97. The first kappa shape index (κ1) is 17.3. The van der Waals surface area contributed by atoms with Gasteiger partial charge < -0.3 is 19.9 Å². The highest BCUT2D eigenvalue weighted by molar-refractivity contribution is 5.89. The Morgan fingerprint density at radius 1 is 1.31 bits per heavy atom. The molecule has 1 aliphatic carbocycles. The lowest BCUT2D eigenvalue weighted by atomic mass is 10.0. The maximum absolute atomic E-state index is 15.0. The van der Waals surface area contributed by atoms with E-state index in [0.717, 1.165) is 48.8 Å². The SMILES string of the molecule is COc1cc2cc(F)c(N3CC[C@@H]([C@H](C)N)C3)c(C)c2n(C2CC2)c1=O. The summed E-state index contributed by atoms with van der Waals surface area (Å²) >= 11 is 0. The Morgan fingerprint density at radius 3 is 2.62 bits per heavy atom. The summed E-state index contributed by atoms with van der Waals surface area (Å²) in [5, 5.41) is 0.718. The smallest absolute Gasteiger partial charge is 0.293 e. The van der Waals surface area contributed by atoms with Gasteiger partial charge in [0.25, 0.3) is 5.56 Å². The van der Waals surface area contributed by atoms with Gasteiger partial charge in [-0.15, -0.1) is 0 Å². The number of aromatic nitrogens is 1. The number of nitrogens with zero attached hydrogens (tertiary/aromatic N) is 2. The third-order valence-corrected chi connectivity index (χ3v) is 5.87. The van der Waals surface area contributed by atoms with Crippen LogP contribution in [0.5, 0.6) is 5.75 Å². The van der Waals surface area contributed by atoms with Crippen LogP contribution in [-0.4, -0.2) is 30.8 Å². The zero-order chi connectivity index (χ0) is 18.6. The molecule has 6 heteroatoms. The third kappa shape index (κ3) is 2.67. The molecule has 26 heavy (non-hydrogen) atoms. The first-order chi connectivity index (χ1) is 12.4. The molecule has 140 valence electrons. The summed E-state index contributed by atoms with van der Waals surface area (Å²) in [6.45, 7) is 5.48. The molecule has 4 rings (SSSR count). The first-order valence-electron chi connectivity index (χ1n) is 9.35. The van der Waals surface area contributed by atoms with Gasteiger partial charge in [0.05, 0.1) is 18.3 Å². The van der Waals surface area contributed by atoms with Crippen LogP contribution in [0.25, 0.3) is 10.9 Å². The number of aryl methyl sites for hydroxylation is 1. The van der Waals surface area contributed by atoms with Crippen LogP contribution in [-0.2, 0) is 0 Å². The fourth-order valence-electron chi connectivity index (χ4n) is 4.27. The minimum Gasteiger partial charge on any atom is -0.491 e. The normalized spacial score (nSPS) is 21.4. The summed E-state index contributed by atoms with van der Waals surface area (Å²) in [4.78, 5) is 14.9. The number of ether oxygens (including phenoxy) is 1. The van der Waals surface area contributed by atoms with Crippen molar-refractivity contribution in [2.24, 2.45) is 11.7 Å². The second-order valence-electron chi connectivity index (χ2n) is 7.74. The number of nitrogens with two attached hydrogens (primary N) is 1. The Labute approximate surface area is 152 Å². The second-order valence-corrected chi connectivity index (χ2v) is 7.74. The Hall–Kier alpha value is -2.08. The van der Waals surface area contributed by atoms with E-state index in [2.05, 4.69) is 4.90 Å². The van der Waals surface area contributed by atoms with Crippen LogP contribution in [0.1, 0.15) is 37.8 Å². The average Bonchev–Trinajstić information content (AvgIpc) is 3.31. The van der Waals surface area contributed by atoms with Gasteiger partial charge in [0.2, 0.25) is 0 Å². The molecular formula is C20H26FN3O2. The highest BCUT2D eigenvalue weighted by atomic mass is 19.1. The van der Waals surface area contributed by atoms with Gasteiger partial charge in [-0.3, -0.25) is 4.79 Å². The number of pyridine rings is 1. The lowest BCUT2D eigenvalue weighted by molar-refractivity contribution is 0.404. The van der Waals surface area contributed by atoms with Crippen molar-refractivity contribution in [1.82, 2.24) is 4.57 Å². The van der Waals surface area contributed by atoms with E-state index in [1.165, 1.54) is 13.2 Å². The molecule has 1 saturated carbocycles. The Balaban J connectivity index is 1.91. The number of halogens is 1. The molecule has 0 bridgehead atoms. The van der Waals surface area contributed by atoms with Crippen LogP contribution in [0.15, 0.2) is 16.9 Å². The van der Waals surface area contributed by atoms with Crippen LogP contribution in [0.4, 0.5) is 10.1 Å².